The Morgan fingerprint density at radius 2 is 1.69 bits per heavy atom. The second-order valence-electron chi connectivity index (χ2n) is 7.05. The zero-order valence-electron chi connectivity index (χ0n) is 14.9. The second-order valence-corrected chi connectivity index (χ2v) is 7.46. The van der Waals surface area contributed by atoms with Gasteiger partial charge in [0.1, 0.15) is 5.84 Å². The number of aliphatic imine (C=N–C) groups is 1. The van der Waals surface area contributed by atoms with Crippen molar-refractivity contribution in [2.24, 2.45) is 4.99 Å². The van der Waals surface area contributed by atoms with E-state index in [-0.39, 0.29) is 5.54 Å². The lowest BCUT2D eigenvalue weighted by atomic mass is 9.84. The molecule has 0 unspecified atom stereocenters. The van der Waals surface area contributed by atoms with Crippen LogP contribution in [0.5, 0.6) is 0 Å². The fourth-order valence-electron chi connectivity index (χ4n) is 3.83. The molecule has 3 N–H and O–H groups in total. The molecule has 0 amide bonds. The quantitative estimate of drug-likeness (QED) is 0.704. The van der Waals surface area contributed by atoms with E-state index < -0.39 is 0 Å². The molecule has 5 heteroatoms. The van der Waals surface area contributed by atoms with Crippen LogP contribution < -0.4 is 16.0 Å². The van der Waals surface area contributed by atoms with E-state index in [0.29, 0.717) is 0 Å². The van der Waals surface area contributed by atoms with E-state index >= 15 is 0 Å². The number of amidine groups is 1. The standard InChI is InChI=1S/C21H25ClN4/c22-17-8-2-1-6-16(17)7-5-13-24-20-21(11-14-23-15-12-21)26-19-10-4-3-9-18(19)25-20/h1-4,6,8-10,23,26H,5,7,11-15H2,(H,24,25). The molecule has 0 atom stereocenters. The minimum absolute atomic E-state index is 0.0794. The van der Waals surface area contributed by atoms with Crippen LogP contribution in [0.25, 0.3) is 0 Å². The molecule has 0 aliphatic carbocycles. The highest BCUT2D eigenvalue weighted by Crippen LogP contribution is 2.35. The van der Waals surface area contributed by atoms with Gasteiger partial charge in [-0.05, 0) is 62.5 Å². The number of halogens is 1. The average molecular weight is 369 g/mol. The number of nitrogens with zero attached hydrogens (tertiary/aromatic N) is 1. The van der Waals surface area contributed by atoms with Gasteiger partial charge >= 0.3 is 0 Å². The Morgan fingerprint density at radius 3 is 2.50 bits per heavy atom. The highest BCUT2D eigenvalue weighted by atomic mass is 35.5. The zero-order chi connectivity index (χ0) is 17.8. The molecule has 1 spiro atoms. The van der Waals surface area contributed by atoms with Gasteiger partial charge in [0.25, 0.3) is 0 Å². The highest BCUT2D eigenvalue weighted by molar-refractivity contribution is 6.31. The van der Waals surface area contributed by atoms with E-state index in [1.54, 1.807) is 0 Å². The lowest BCUT2D eigenvalue weighted by molar-refractivity contribution is 0.419. The first-order valence-corrected chi connectivity index (χ1v) is 9.78. The maximum absolute atomic E-state index is 6.26. The van der Waals surface area contributed by atoms with Crippen molar-refractivity contribution < 1.29 is 0 Å². The third kappa shape index (κ3) is 3.57. The normalized spacial score (nSPS) is 19.7. The van der Waals surface area contributed by atoms with Crippen LogP contribution in [0.2, 0.25) is 5.02 Å². The summed E-state index contributed by atoms with van der Waals surface area (Å²) in [5.41, 5.74) is 3.40. The lowest BCUT2D eigenvalue weighted by Crippen LogP contribution is -2.57. The fraction of sp³-hybridized carbons (Fsp3) is 0.381. The van der Waals surface area contributed by atoms with Crippen LogP contribution in [0.1, 0.15) is 24.8 Å². The first-order valence-electron chi connectivity index (χ1n) is 9.40. The van der Waals surface area contributed by atoms with Crippen LogP contribution in [-0.4, -0.2) is 31.0 Å². The highest BCUT2D eigenvalue weighted by Gasteiger charge is 2.40. The van der Waals surface area contributed by atoms with E-state index in [4.69, 9.17) is 16.6 Å². The van der Waals surface area contributed by atoms with Gasteiger partial charge in [-0.1, -0.05) is 41.9 Å². The number of hydrogen-bond acceptors (Lipinski definition) is 3. The van der Waals surface area contributed by atoms with E-state index in [0.717, 1.165) is 61.9 Å². The third-order valence-corrected chi connectivity index (χ3v) is 5.67. The molecular formula is C21H25ClN4. The van der Waals surface area contributed by atoms with E-state index in [9.17, 15) is 0 Å². The number of anilines is 2. The van der Waals surface area contributed by atoms with Crippen molar-refractivity contribution >= 4 is 28.8 Å². The van der Waals surface area contributed by atoms with E-state index in [2.05, 4.69) is 46.3 Å². The SMILES string of the molecule is Clc1ccccc1CCCN=C1Nc2ccccc2NC12CCNCC2. The Labute approximate surface area is 160 Å². The summed E-state index contributed by atoms with van der Waals surface area (Å²) in [6, 6.07) is 16.5. The summed E-state index contributed by atoms with van der Waals surface area (Å²) >= 11 is 6.26. The molecule has 4 nitrogen and oxygen atoms in total. The number of para-hydroxylation sites is 2. The first kappa shape index (κ1) is 17.4. The van der Waals surface area contributed by atoms with Crippen molar-refractivity contribution in [2.45, 2.75) is 31.2 Å². The Kier molecular flexibility index (Phi) is 5.14. The fourth-order valence-corrected chi connectivity index (χ4v) is 4.06. The predicted octanol–water partition coefficient (Wildman–Crippen LogP) is 4.33. The summed E-state index contributed by atoms with van der Waals surface area (Å²) in [7, 11) is 0. The second kappa shape index (κ2) is 7.68. The number of hydrogen-bond donors (Lipinski definition) is 3. The number of aryl methyl sites for hydroxylation is 1. The third-order valence-electron chi connectivity index (χ3n) is 5.30. The van der Waals surface area contributed by atoms with Crippen molar-refractivity contribution in [1.29, 1.82) is 0 Å². The van der Waals surface area contributed by atoms with E-state index in [1.807, 2.05) is 18.2 Å². The van der Waals surface area contributed by atoms with Crippen molar-refractivity contribution in [3.05, 3.63) is 59.1 Å². The molecule has 0 saturated carbocycles. The van der Waals surface area contributed by atoms with Gasteiger partial charge in [0.2, 0.25) is 0 Å². The van der Waals surface area contributed by atoms with Crippen LogP contribution >= 0.6 is 11.6 Å². The molecule has 1 fully saturated rings. The van der Waals surface area contributed by atoms with Crippen LogP contribution in [0.3, 0.4) is 0 Å². The smallest absolute Gasteiger partial charge is 0.127 e. The number of rotatable bonds is 4. The van der Waals surface area contributed by atoms with Crippen LogP contribution in [0.15, 0.2) is 53.5 Å². The number of benzene rings is 2. The molecule has 136 valence electrons. The predicted molar refractivity (Wildman–Crippen MR) is 111 cm³/mol. The topological polar surface area (TPSA) is 48.5 Å². The number of fused-ring (bicyclic) bond motifs is 1. The summed E-state index contributed by atoms with van der Waals surface area (Å²) in [5, 5.41) is 11.7. The first-order chi connectivity index (χ1) is 12.8. The summed E-state index contributed by atoms with van der Waals surface area (Å²) in [6.07, 6.45) is 4.02. The average Bonchev–Trinajstić information content (AvgIpc) is 2.67. The van der Waals surface area contributed by atoms with Gasteiger partial charge in [0.05, 0.1) is 16.9 Å². The van der Waals surface area contributed by atoms with Gasteiger partial charge < -0.3 is 16.0 Å². The minimum atomic E-state index is -0.0794. The molecule has 2 aliphatic rings. The molecule has 2 aromatic rings. The molecule has 2 heterocycles. The van der Waals surface area contributed by atoms with Crippen molar-refractivity contribution in [2.75, 3.05) is 30.3 Å². The van der Waals surface area contributed by atoms with Gasteiger partial charge in [-0.25, -0.2) is 0 Å². The molecule has 2 aliphatic heterocycles. The van der Waals surface area contributed by atoms with Crippen molar-refractivity contribution in [3.63, 3.8) is 0 Å². The van der Waals surface area contributed by atoms with Gasteiger partial charge in [-0.3, -0.25) is 4.99 Å². The molecule has 1 saturated heterocycles. The van der Waals surface area contributed by atoms with Crippen molar-refractivity contribution in [1.82, 2.24) is 5.32 Å². The maximum Gasteiger partial charge on any atom is 0.127 e. The Balaban J connectivity index is 1.49. The Hall–Kier alpha value is -2.04. The van der Waals surface area contributed by atoms with E-state index in [1.165, 1.54) is 11.3 Å². The largest absolute Gasteiger partial charge is 0.371 e. The molecule has 26 heavy (non-hydrogen) atoms. The molecule has 2 aromatic carbocycles. The summed E-state index contributed by atoms with van der Waals surface area (Å²) in [5.74, 6) is 1.08. The zero-order valence-corrected chi connectivity index (χ0v) is 15.6. The van der Waals surface area contributed by atoms with Crippen LogP contribution in [-0.2, 0) is 6.42 Å². The van der Waals surface area contributed by atoms with Crippen molar-refractivity contribution in [3.8, 4) is 0 Å². The Morgan fingerprint density at radius 1 is 0.962 bits per heavy atom. The summed E-state index contributed by atoms with van der Waals surface area (Å²) in [6.45, 7) is 2.82. The monoisotopic (exact) mass is 368 g/mol. The van der Waals surface area contributed by atoms with Crippen LogP contribution in [0.4, 0.5) is 11.4 Å². The molecule has 0 radical (unpaired) electrons. The lowest BCUT2D eigenvalue weighted by Gasteiger charge is -2.44. The van der Waals surface area contributed by atoms with Gasteiger partial charge in [-0.2, -0.15) is 0 Å². The van der Waals surface area contributed by atoms with Gasteiger partial charge in [0.15, 0.2) is 0 Å². The summed E-state index contributed by atoms with van der Waals surface area (Å²) < 4.78 is 0. The number of piperidine rings is 1. The molecule has 0 aromatic heterocycles. The maximum atomic E-state index is 6.26. The van der Waals surface area contributed by atoms with Gasteiger partial charge in [-0.15, -0.1) is 0 Å². The molecular weight excluding hydrogens is 344 g/mol. The number of nitrogens with one attached hydrogen (secondary N) is 3. The Bertz CT molecular complexity index is 796. The molecule has 4 rings (SSSR count). The summed E-state index contributed by atoms with van der Waals surface area (Å²) in [4.78, 5) is 4.98. The molecule has 0 bridgehead atoms. The van der Waals surface area contributed by atoms with Gasteiger partial charge in [0, 0.05) is 11.6 Å². The minimum Gasteiger partial charge on any atom is -0.371 e. The van der Waals surface area contributed by atoms with Crippen LogP contribution in [0, 0.1) is 0 Å².